The predicted octanol–water partition coefficient (Wildman–Crippen LogP) is 3.90. The van der Waals surface area contributed by atoms with Crippen LogP contribution in [0.2, 0.25) is 0 Å². The van der Waals surface area contributed by atoms with E-state index in [0.717, 1.165) is 19.3 Å². The molecule has 5 heteroatoms. The van der Waals surface area contributed by atoms with Gasteiger partial charge in [0.05, 0.1) is 12.0 Å². The van der Waals surface area contributed by atoms with Gasteiger partial charge < -0.3 is 15.2 Å². The molecule has 1 aromatic heterocycles. The van der Waals surface area contributed by atoms with E-state index in [2.05, 4.69) is 10.3 Å². The second-order valence-corrected chi connectivity index (χ2v) is 6.32. The van der Waals surface area contributed by atoms with Crippen molar-refractivity contribution in [1.29, 1.82) is 0 Å². The third kappa shape index (κ3) is 4.55. The van der Waals surface area contributed by atoms with Crippen LogP contribution in [0, 0.1) is 0 Å². The van der Waals surface area contributed by atoms with Crippen molar-refractivity contribution >= 4 is 11.6 Å². The fourth-order valence-corrected chi connectivity index (χ4v) is 3.07. The van der Waals surface area contributed by atoms with Gasteiger partial charge in [0.1, 0.15) is 11.5 Å². The van der Waals surface area contributed by atoms with E-state index in [9.17, 15) is 9.90 Å². The summed E-state index contributed by atoms with van der Waals surface area (Å²) in [5.74, 6) is 1.15. The van der Waals surface area contributed by atoms with Crippen LogP contribution in [0.25, 0.3) is 0 Å². The van der Waals surface area contributed by atoms with Crippen molar-refractivity contribution < 1.29 is 14.6 Å². The first-order chi connectivity index (χ1) is 11.6. The maximum Gasteiger partial charge on any atom is 0.227 e. The number of carbonyl (C=O) groups is 1. The number of pyridine rings is 1. The minimum absolute atomic E-state index is 0.141. The fraction of sp³-hybridized carbons (Fsp3) is 0.368. The van der Waals surface area contributed by atoms with Gasteiger partial charge in [0.25, 0.3) is 0 Å². The van der Waals surface area contributed by atoms with Gasteiger partial charge >= 0.3 is 0 Å². The standard InChI is InChI=1S/C19H22N2O3/c22-18(14-19(23)9-2-1-3-10-19)21-15-5-4-6-17(13-15)24-16-7-11-20-12-8-16/h4-8,11-13,23H,1-3,9-10,14H2,(H,21,22). The minimum Gasteiger partial charge on any atom is -0.457 e. The number of nitrogens with one attached hydrogen (secondary N) is 1. The van der Waals surface area contributed by atoms with Crippen molar-refractivity contribution in [2.24, 2.45) is 0 Å². The Morgan fingerprint density at radius 3 is 2.62 bits per heavy atom. The number of hydrogen-bond acceptors (Lipinski definition) is 4. The molecule has 0 atom stereocenters. The van der Waals surface area contributed by atoms with Crippen LogP contribution in [-0.4, -0.2) is 21.6 Å². The lowest BCUT2D eigenvalue weighted by molar-refractivity contribution is -0.122. The van der Waals surface area contributed by atoms with Crippen LogP contribution < -0.4 is 10.1 Å². The third-order valence-corrected chi connectivity index (χ3v) is 4.28. The molecular formula is C19H22N2O3. The van der Waals surface area contributed by atoms with E-state index in [0.29, 0.717) is 30.0 Å². The molecule has 2 N–H and O–H groups in total. The van der Waals surface area contributed by atoms with Crippen molar-refractivity contribution in [3.05, 3.63) is 48.8 Å². The molecule has 1 fully saturated rings. The van der Waals surface area contributed by atoms with E-state index >= 15 is 0 Å². The van der Waals surface area contributed by atoms with Gasteiger partial charge in [0, 0.05) is 24.1 Å². The van der Waals surface area contributed by atoms with Crippen molar-refractivity contribution in [3.63, 3.8) is 0 Å². The van der Waals surface area contributed by atoms with Crippen molar-refractivity contribution in [2.75, 3.05) is 5.32 Å². The molecule has 1 saturated carbocycles. The highest BCUT2D eigenvalue weighted by molar-refractivity contribution is 5.91. The molecule has 1 heterocycles. The Kier molecular flexibility index (Phi) is 5.11. The Morgan fingerprint density at radius 1 is 1.12 bits per heavy atom. The molecule has 1 amide bonds. The zero-order chi connectivity index (χ0) is 16.8. The Balaban J connectivity index is 1.60. The number of benzene rings is 1. The highest BCUT2D eigenvalue weighted by Crippen LogP contribution is 2.31. The highest BCUT2D eigenvalue weighted by Gasteiger charge is 2.31. The van der Waals surface area contributed by atoms with Gasteiger partial charge in [-0.15, -0.1) is 0 Å². The minimum atomic E-state index is -0.854. The first kappa shape index (κ1) is 16.5. The fourth-order valence-electron chi connectivity index (χ4n) is 3.07. The number of anilines is 1. The first-order valence-electron chi connectivity index (χ1n) is 8.33. The Morgan fingerprint density at radius 2 is 1.88 bits per heavy atom. The summed E-state index contributed by atoms with van der Waals surface area (Å²) in [6, 6.07) is 10.8. The molecule has 0 unspecified atom stereocenters. The number of aliphatic hydroxyl groups is 1. The van der Waals surface area contributed by atoms with Gasteiger partial charge in [-0.2, -0.15) is 0 Å². The molecule has 1 aliphatic carbocycles. The van der Waals surface area contributed by atoms with Crippen LogP contribution in [0.5, 0.6) is 11.5 Å². The summed E-state index contributed by atoms with van der Waals surface area (Å²) in [5.41, 5.74) is -0.195. The largest absolute Gasteiger partial charge is 0.457 e. The molecule has 0 aliphatic heterocycles. The number of hydrogen-bond donors (Lipinski definition) is 2. The molecule has 2 aromatic rings. The lowest BCUT2D eigenvalue weighted by atomic mass is 9.82. The van der Waals surface area contributed by atoms with Gasteiger partial charge in [0.2, 0.25) is 5.91 Å². The lowest BCUT2D eigenvalue weighted by Crippen LogP contribution is -2.35. The lowest BCUT2D eigenvalue weighted by Gasteiger charge is -2.31. The van der Waals surface area contributed by atoms with Gasteiger partial charge in [-0.05, 0) is 37.1 Å². The second kappa shape index (κ2) is 7.45. The summed E-state index contributed by atoms with van der Waals surface area (Å²) < 4.78 is 5.73. The molecule has 0 bridgehead atoms. The molecule has 1 aromatic carbocycles. The number of aromatic nitrogens is 1. The number of carbonyl (C=O) groups excluding carboxylic acids is 1. The summed E-state index contributed by atoms with van der Waals surface area (Å²) in [5, 5.41) is 13.3. The van der Waals surface area contributed by atoms with E-state index in [4.69, 9.17) is 4.74 Å². The Hall–Kier alpha value is -2.40. The van der Waals surface area contributed by atoms with Crippen LogP contribution in [0.15, 0.2) is 48.8 Å². The van der Waals surface area contributed by atoms with E-state index < -0.39 is 5.60 Å². The van der Waals surface area contributed by atoms with Crippen molar-refractivity contribution in [3.8, 4) is 11.5 Å². The van der Waals surface area contributed by atoms with Gasteiger partial charge in [0.15, 0.2) is 0 Å². The highest BCUT2D eigenvalue weighted by atomic mass is 16.5. The third-order valence-electron chi connectivity index (χ3n) is 4.28. The Bertz CT molecular complexity index is 682. The average molecular weight is 326 g/mol. The molecule has 5 nitrogen and oxygen atoms in total. The van der Waals surface area contributed by atoms with E-state index in [1.807, 2.05) is 18.2 Å². The molecule has 0 radical (unpaired) electrons. The number of ether oxygens (including phenoxy) is 1. The van der Waals surface area contributed by atoms with Crippen LogP contribution in [-0.2, 0) is 4.79 Å². The van der Waals surface area contributed by atoms with Crippen LogP contribution >= 0.6 is 0 Å². The van der Waals surface area contributed by atoms with Crippen LogP contribution in [0.4, 0.5) is 5.69 Å². The van der Waals surface area contributed by atoms with E-state index in [1.165, 1.54) is 0 Å². The molecule has 0 spiro atoms. The zero-order valence-electron chi connectivity index (χ0n) is 13.6. The monoisotopic (exact) mass is 326 g/mol. The molecular weight excluding hydrogens is 304 g/mol. The summed E-state index contributed by atoms with van der Waals surface area (Å²) in [6.07, 6.45) is 7.97. The van der Waals surface area contributed by atoms with Crippen molar-refractivity contribution in [2.45, 2.75) is 44.1 Å². The maximum atomic E-state index is 12.2. The molecule has 126 valence electrons. The number of amides is 1. The van der Waals surface area contributed by atoms with Gasteiger partial charge in [-0.1, -0.05) is 25.3 Å². The predicted molar refractivity (Wildman–Crippen MR) is 92.0 cm³/mol. The molecule has 3 rings (SSSR count). The van der Waals surface area contributed by atoms with Crippen molar-refractivity contribution in [1.82, 2.24) is 4.98 Å². The topological polar surface area (TPSA) is 71.5 Å². The Labute approximate surface area is 141 Å². The maximum absolute atomic E-state index is 12.2. The number of nitrogens with zero attached hydrogens (tertiary/aromatic N) is 1. The summed E-state index contributed by atoms with van der Waals surface area (Å²) >= 11 is 0. The first-order valence-corrected chi connectivity index (χ1v) is 8.33. The van der Waals surface area contributed by atoms with E-state index in [1.54, 1.807) is 30.6 Å². The van der Waals surface area contributed by atoms with Gasteiger partial charge in [-0.25, -0.2) is 0 Å². The zero-order valence-corrected chi connectivity index (χ0v) is 13.6. The molecule has 0 saturated heterocycles. The quantitative estimate of drug-likeness (QED) is 0.874. The normalized spacial score (nSPS) is 16.4. The van der Waals surface area contributed by atoms with E-state index in [-0.39, 0.29) is 12.3 Å². The molecule has 1 aliphatic rings. The smallest absolute Gasteiger partial charge is 0.227 e. The average Bonchev–Trinajstić information content (AvgIpc) is 2.56. The van der Waals surface area contributed by atoms with Crippen LogP contribution in [0.3, 0.4) is 0 Å². The van der Waals surface area contributed by atoms with Gasteiger partial charge in [-0.3, -0.25) is 9.78 Å². The summed E-state index contributed by atoms with van der Waals surface area (Å²) in [6.45, 7) is 0. The summed E-state index contributed by atoms with van der Waals surface area (Å²) in [4.78, 5) is 16.2. The summed E-state index contributed by atoms with van der Waals surface area (Å²) in [7, 11) is 0. The van der Waals surface area contributed by atoms with Crippen LogP contribution in [0.1, 0.15) is 38.5 Å². The SMILES string of the molecule is O=C(CC1(O)CCCCC1)Nc1cccc(Oc2ccncc2)c1. The number of rotatable bonds is 5. The molecule has 24 heavy (non-hydrogen) atoms. The second-order valence-electron chi connectivity index (χ2n) is 6.32.